The quantitative estimate of drug-likeness (QED) is 0.581. The zero-order valence-corrected chi connectivity index (χ0v) is 5.83. The first-order valence-electron chi connectivity index (χ1n) is 0.698. The van der Waals surface area contributed by atoms with Gasteiger partial charge in [0.15, 0.2) is 0 Å². The summed E-state index contributed by atoms with van der Waals surface area (Å²) in [6, 6.07) is 0. The third kappa shape index (κ3) is 216. The molecule has 2 N–H and O–H groups in total. The third-order valence-corrected chi connectivity index (χ3v) is 0. The largest absolute Gasteiger partial charge is 0.394 e. The molecule has 0 aliphatic carbocycles. The molecule has 0 saturated carbocycles. The van der Waals surface area contributed by atoms with Gasteiger partial charge in [0.05, 0.1) is 0 Å². The van der Waals surface area contributed by atoms with E-state index in [0.717, 1.165) is 0 Å². The summed E-state index contributed by atoms with van der Waals surface area (Å²) in [4.78, 5) is 0. The molecule has 0 amide bonds. The summed E-state index contributed by atoms with van der Waals surface area (Å²) in [5.74, 6) is 0. The van der Waals surface area contributed by atoms with Gasteiger partial charge in [-0.1, -0.05) is 0 Å². The van der Waals surface area contributed by atoms with Crippen molar-refractivity contribution in [3.05, 3.63) is 0 Å². The molecule has 0 atom stereocenters. The van der Waals surface area contributed by atoms with Crippen molar-refractivity contribution in [2.24, 2.45) is 0 Å². The van der Waals surface area contributed by atoms with E-state index in [0.29, 0.717) is 0 Å². The SMILES string of the molecule is O=S(=O)(O)O.[Os]. The molecule has 0 spiro atoms. The Bertz CT molecular complexity index is 90.7. The van der Waals surface area contributed by atoms with E-state index in [9.17, 15) is 0 Å². The van der Waals surface area contributed by atoms with Gasteiger partial charge in [-0.2, -0.15) is 8.42 Å². The average Bonchev–Trinajstić information content (AvgIpc) is 0.722. The van der Waals surface area contributed by atoms with Crippen molar-refractivity contribution in [2.75, 3.05) is 0 Å². The van der Waals surface area contributed by atoms with Gasteiger partial charge in [0, 0.05) is 19.8 Å². The van der Waals surface area contributed by atoms with Crippen LogP contribution in [0.2, 0.25) is 0 Å². The summed E-state index contributed by atoms with van der Waals surface area (Å²) in [5, 5.41) is 0. The standard InChI is InChI=1S/H2O4S.Os/c1-5(2,3)4;/h(H2,1,2,3,4);. The fourth-order valence-corrected chi connectivity index (χ4v) is 0. The van der Waals surface area contributed by atoms with Crippen molar-refractivity contribution in [1.29, 1.82) is 0 Å². The van der Waals surface area contributed by atoms with Crippen LogP contribution in [0.15, 0.2) is 0 Å². The Hall–Kier alpha value is 0.506. The Kier molecular flexibility index (Phi) is 4.28. The molecule has 40 valence electrons. The van der Waals surface area contributed by atoms with E-state index in [1.807, 2.05) is 0 Å². The van der Waals surface area contributed by atoms with Crippen molar-refractivity contribution in [2.45, 2.75) is 0 Å². The maximum absolute atomic E-state index is 8.74. The minimum atomic E-state index is -4.67. The molecule has 0 saturated heterocycles. The van der Waals surface area contributed by atoms with Crippen LogP contribution in [0.1, 0.15) is 0 Å². The molecule has 0 aromatic heterocycles. The molecule has 0 bridgehead atoms. The van der Waals surface area contributed by atoms with E-state index in [2.05, 4.69) is 0 Å². The van der Waals surface area contributed by atoms with Crippen molar-refractivity contribution < 1.29 is 37.3 Å². The van der Waals surface area contributed by atoms with Crippen LogP contribution in [-0.2, 0) is 30.2 Å². The molecule has 0 aliphatic heterocycles. The van der Waals surface area contributed by atoms with Crippen molar-refractivity contribution in [3.63, 3.8) is 0 Å². The van der Waals surface area contributed by atoms with E-state index < -0.39 is 10.4 Å². The van der Waals surface area contributed by atoms with E-state index in [1.165, 1.54) is 0 Å². The molecular weight excluding hydrogens is 286 g/mol. The predicted molar refractivity (Wildman–Crippen MR) is 14.2 cm³/mol. The van der Waals surface area contributed by atoms with Crippen LogP contribution in [0.3, 0.4) is 0 Å². The Morgan fingerprint density at radius 2 is 1.17 bits per heavy atom. The molecule has 0 heterocycles. The minimum absolute atomic E-state index is 0. The van der Waals surface area contributed by atoms with E-state index in [-0.39, 0.29) is 19.8 Å². The summed E-state index contributed by atoms with van der Waals surface area (Å²) in [7, 11) is -4.67. The first kappa shape index (κ1) is 9.71. The molecule has 0 aromatic rings. The van der Waals surface area contributed by atoms with E-state index in [4.69, 9.17) is 17.5 Å². The monoisotopic (exact) mass is 290 g/mol. The summed E-state index contributed by atoms with van der Waals surface area (Å²) in [6.45, 7) is 0. The smallest absolute Gasteiger partial charge is 0.264 e. The minimum Gasteiger partial charge on any atom is -0.264 e. The molecule has 0 aromatic carbocycles. The molecule has 6 heteroatoms. The van der Waals surface area contributed by atoms with Gasteiger partial charge in [-0.15, -0.1) is 0 Å². The fourth-order valence-electron chi connectivity index (χ4n) is 0. The molecule has 6 heavy (non-hydrogen) atoms. The molecular formula is H2O4OsS. The second-order valence-corrected chi connectivity index (χ2v) is 1.34. The summed E-state index contributed by atoms with van der Waals surface area (Å²) in [6.07, 6.45) is 0. The zero-order valence-electron chi connectivity index (χ0n) is 2.47. The second-order valence-electron chi connectivity index (χ2n) is 0.448. The van der Waals surface area contributed by atoms with Crippen LogP contribution in [0, 0.1) is 0 Å². The second kappa shape index (κ2) is 2.64. The third-order valence-electron chi connectivity index (χ3n) is 0. The van der Waals surface area contributed by atoms with Crippen LogP contribution in [-0.4, -0.2) is 17.5 Å². The van der Waals surface area contributed by atoms with Gasteiger partial charge in [0.2, 0.25) is 0 Å². The molecule has 0 aliphatic rings. The van der Waals surface area contributed by atoms with E-state index >= 15 is 0 Å². The zero-order chi connectivity index (χ0) is 4.50. The van der Waals surface area contributed by atoms with Gasteiger partial charge in [-0.25, -0.2) is 0 Å². The molecule has 4 nitrogen and oxygen atoms in total. The molecule has 0 fully saturated rings. The molecule has 0 radical (unpaired) electrons. The number of hydrogen-bond acceptors (Lipinski definition) is 2. The van der Waals surface area contributed by atoms with Crippen LogP contribution >= 0.6 is 0 Å². The maximum Gasteiger partial charge on any atom is 0.394 e. The van der Waals surface area contributed by atoms with Gasteiger partial charge < -0.3 is 0 Å². The Morgan fingerprint density at radius 1 is 1.17 bits per heavy atom. The normalized spacial score (nSPS) is 9.67. The maximum atomic E-state index is 8.74. The van der Waals surface area contributed by atoms with Crippen molar-refractivity contribution in [3.8, 4) is 0 Å². The van der Waals surface area contributed by atoms with Crippen LogP contribution < -0.4 is 0 Å². The predicted octanol–water partition coefficient (Wildman–Crippen LogP) is -0.655. The van der Waals surface area contributed by atoms with Gasteiger partial charge in [-0.05, 0) is 0 Å². The van der Waals surface area contributed by atoms with Crippen molar-refractivity contribution in [1.82, 2.24) is 0 Å². The Morgan fingerprint density at radius 3 is 1.17 bits per heavy atom. The van der Waals surface area contributed by atoms with Crippen LogP contribution in [0.4, 0.5) is 0 Å². The van der Waals surface area contributed by atoms with Crippen LogP contribution in [0.5, 0.6) is 0 Å². The molecule has 0 unspecified atom stereocenters. The fraction of sp³-hybridized carbons (Fsp3) is 0. The Balaban J connectivity index is 0. The number of hydrogen-bond donors (Lipinski definition) is 2. The van der Waals surface area contributed by atoms with Gasteiger partial charge in [0.1, 0.15) is 0 Å². The molecule has 0 rings (SSSR count). The number of rotatable bonds is 0. The summed E-state index contributed by atoms with van der Waals surface area (Å²) in [5.41, 5.74) is 0. The summed E-state index contributed by atoms with van der Waals surface area (Å²) >= 11 is 0. The average molecular weight is 288 g/mol. The van der Waals surface area contributed by atoms with Gasteiger partial charge in [-0.3, -0.25) is 9.11 Å². The van der Waals surface area contributed by atoms with E-state index in [1.54, 1.807) is 0 Å². The topological polar surface area (TPSA) is 74.6 Å². The first-order chi connectivity index (χ1) is 2.00. The Labute approximate surface area is 48.2 Å². The summed E-state index contributed by atoms with van der Waals surface area (Å²) < 4.78 is 31.6. The first-order valence-corrected chi connectivity index (χ1v) is 2.10. The van der Waals surface area contributed by atoms with Gasteiger partial charge >= 0.3 is 10.4 Å². The van der Waals surface area contributed by atoms with Crippen molar-refractivity contribution >= 4 is 10.4 Å². The van der Waals surface area contributed by atoms with Gasteiger partial charge in [0.25, 0.3) is 0 Å². The van der Waals surface area contributed by atoms with Crippen LogP contribution in [0.25, 0.3) is 0 Å².